The molecule has 0 aromatic heterocycles. The predicted molar refractivity (Wildman–Crippen MR) is 63.2 cm³/mol. The van der Waals surface area contributed by atoms with Gasteiger partial charge in [-0.2, -0.15) is 0 Å². The first-order valence-electron chi connectivity index (χ1n) is 5.92. The van der Waals surface area contributed by atoms with E-state index in [1.165, 1.54) is 23.1 Å². The minimum Gasteiger partial charge on any atom is -0.370 e. The molecule has 2 unspecified atom stereocenters. The molecule has 1 saturated heterocycles. The molecule has 0 saturated carbocycles. The predicted octanol–water partition coefficient (Wildman–Crippen LogP) is 3.41. The molecule has 2 atom stereocenters. The van der Waals surface area contributed by atoms with E-state index in [2.05, 4.69) is 39.0 Å². The second kappa shape index (κ2) is 4.36. The van der Waals surface area contributed by atoms with Gasteiger partial charge in [0.15, 0.2) is 0 Å². The van der Waals surface area contributed by atoms with E-state index in [1.807, 2.05) is 0 Å². The number of hydrogen-bond donors (Lipinski definition) is 0. The Labute approximate surface area is 92.5 Å². The van der Waals surface area contributed by atoms with Crippen molar-refractivity contribution in [1.29, 1.82) is 0 Å². The molecule has 0 N–H and O–H groups in total. The average molecular weight is 204 g/mol. The highest BCUT2D eigenvalue weighted by Crippen LogP contribution is 2.29. The van der Waals surface area contributed by atoms with E-state index in [1.54, 1.807) is 0 Å². The van der Waals surface area contributed by atoms with Crippen LogP contribution in [-0.4, -0.2) is 12.2 Å². The topological polar surface area (TPSA) is 12.5 Å². The molecule has 0 spiro atoms. The summed E-state index contributed by atoms with van der Waals surface area (Å²) in [6.07, 6.45) is 4.60. The van der Waals surface area contributed by atoms with Crippen molar-refractivity contribution in [3.05, 3.63) is 34.9 Å². The van der Waals surface area contributed by atoms with Crippen molar-refractivity contribution in [2.24, 2.45) is 0 Å². The van der Waals surface area contributed by atoms with Crippen LogP contribution >= 0.6 is 0 Å². The van der Waals surface area contributed by atoms with Gasteiger partial charge in [0, 0.05) is 0 Å². The quantitative estimate of drug-likeness (QED) is 0.685. The maximum atomic E-state index is 5.56. The second-order valence-corrected chi connectivity index (χ2v) is 4.59. The van der Waals surface area contributed by atoms with Crippen LogP contribution in [0, 0.1) is 13.8 Å². The van der Waals surface area contributed by atoms with E-state index in [9.17, 15) is 0 Å². The Morgan fingerprint density at radius 2 is 2.00 bits per heavy atom. The van der Waals surface area contributed by atoms with Gasteiger partial charge in [-0.05, 0) is 44.2 Å². The second-order valence-electron chi connectivity index (χ2n) is 4.59. The summed E-state index contributed by atoms with van der Waals surface area (Å²) in [6, 6.07) is 6.70. The molecule has 1 aromatic carbocycles. The van der Waals surface area contributed by atoms with Crippen LogP contribution < -0.4 is 0 Å². The third-order valence-corrected chi connectivity index (χ3v) is 3.29. The zero-order chi connectivity index (χ0) is 10.8. The lowest BCUT2D eigenvalue weighted by Gasteiger charge is -2.05. The summed E-state index contributed by atoms with van der Waals surface area (Å²) in [4.78, 5) is 0. The third-order valence-electron chi connectivity index (χ3n) is 3.29. The highest BCUT2D eigenvalue weighted by Gasteiger charge is 2.35. The zero-order valence-corrected chi connectivity index (χ0v) is 9.92. The lowest BCUT2D eigenvalue weighted by Crippen LogP contribution is -1.97. The molecule has 0 aliphatic carbocycles. The van der Waals surface area contributed by atoms with Gasteiger partial charge in [0.25, 0.3) is 0 Å². The molecule has 1 aromatic rings. The average Bonchev–Trinajstić information content (AvgIpc) is 2.98. The van der Waals surface area contributed by atoms with Crippen molar-refractivity contribution < 1.29 is 4.74 Å². The Morgan fingerprint density at radius 1 is 1.20 bits per heavy atom. The van der Waals surface area contributed by atoms with Gasteiger partial charge < -0.3 is 4.74 Å². The Bertz CT molecular complexity index is 343. The van der Waals surface area contributed by atoms with Crippen molar-refractivity contribution in [2.75, 3.05) is 0 Å². The number of aryl methyl sites for hydroxylation is 3. The van der Waals surface area contributed by atoms with E-state index in [-0.39, 0.29) is 0 Å². The van der Waals surface area contributed by atoms with Gasteiger partial charge in [-0.1, -0.05) is 30.7 Å². The summed E-state index contributed by atoms with van der Waals surface area (Å²) in [7, 11) is 0. The molecule has 1 heteroatoms. The van der Waals surface area contributed by atoms with Gasteiger partial charge in [0.05, 0.1) is 12.2 Å². The van der Waals surface area contributed by atoms with E-state index in [4.69, 9.17) is 4.74 Å². The lowest BCUT2D eigenvalue weighted by molar-refractivity contribution is 0.359. The molecule has 1 aliphatic heterocycles. The third kappa shape index (κ3) is 2.60. The zero-order valence-electron chi connectivity index (χ0n) is 9.92. The maximum absolute atomic E-state index is 5.56. The molecule has 15 heavy (non-hydrogen) atoms. The van der Waals surface area contributed by atoms with E-state index < -0.39 is 0 Å². The molecular weight excluding hydrogens is 184 g/mol. The van der Waals surface area contributed by atoms with Gasteiger partial charge in [-0.15, -0.1) is 0 Å². The van der Waals surface area contributed by atoms with Crippen LogP contribution in [0.15, 0.2) is 18.2 Å². The van der Waals surface area contributed by atoms with Crippen molar-refractivity contribution in [3.8, 4) is 0 Å². The number of hydrogen-bond acceptors (Lipinski definition) is 1. The normalized spacial score (nSPS) is 24.2. The van der Waals surface area contributed by atoms with Crippen LogP contribution in [0.25, 0.3) is 0 Å². The molecule has 0 bridgehead atoms. The van der Waals surface area contributed by atoms with Crippen molar-refractivity contribution in [2.45, 2.75) is 52.2 Å². The molecule has 0 amide bonds. The smallest absolute Gasteiger partial charge is 0.0845 e. The molecule has 0 radical (unpaired) electrons. The fourth-order valence-corrected chi connectivity index (χ4v) is 2.16. The van der Waals surface area contributed by atoms with Crippen molar-refractivity contribution in [1.82, 2.24) is 0 Å². The molecular formula is C14H20O. The first kappa shape index (κ1) is 10.7. The first-order valence-corrected chi connectivity index (χ1v) is 5.92. The molecule has 1 fully saturated rings. The highest BCUT2D eigenvalue weighted by atomic mass is 16.6. The summed E-state index contributed by atoms with van der Waals surface area (Å²) in [6.45, 7) is 6.55. The minimum atomic E-state index is 0.537. The Kier molecular flexibility index (Phi) is 3.11. The molecule has 2 rings (SSSR count). The van der Waals surface area contributed by atoms with Crippen molar-refractivity contribution in [3.63, 3.8) is 0 Å². The minimum absolute atomic E-state index is 0.537. The number of epoxide rings is 1. The molecule has 1 heterocycles. The fourth-order valence-electron chi connectivity index (χ4n) is 2.16. The fraction of sp³-hybridized carbons (Fsp3) is 0.571. The molecule has 1 nitrogen and oxygen atoms in total. The SMILES string of the molecule is CCC1OC1CCc1cc(C)ccc1C. The van der Waals surface area contributed by atoms with E-state index in [0.717, 1.165) is 12.8 Å². The van der Waals surface area contributed by atoms with Crippen LogP contribution in [0.4, 0.5) is 0 Å². The van der Waals surface area contributed by atoms with E-state index >= 15 is 0 Å². The number of benzene rings is 1. The molecule has 1 aliphatic rings. The maximum Gasteiger partial charge on any atom is 0.0845 e. The number of ether oxygens (including phenoxy) is 1. The summed E-state index contributed by atoms with van der Waals surface area (Å²) < 4.78 is 5.56. The summed E-state index contributed by atoms with van der Waals surface area (Å²) in [5, 5.41) is 0. The van der Waals surface area contributed by atoms with Crippen LogP contribution in [0.3, 0.4) is 0 Å². The largest absolute Gasteiger partial charge is 0.370 e. The van der Waals surface area contributed by atoms with Crippen LogP contribution in [0.2, 0.25) is 0 Å². The number of rotatable bonds is 4. The summed E-state index contributed by atoms with van der Waals surface area (Å²) in [5.41, 5.74) is 4.26. The van der Waals surface area contributed by atoms with Crippen LogP contribution in [-0.2, 0) is 11.2 Å². The Balaban J connectivity index is 1.91. The van der Waals surface area contributed by atoms with E-state index in [0.29, 0.717) is 12.2 Å². The van der Waals surface area contributed by atoms with Crippen LogP contribution in [0.5, 0.6) is 0 Å². The van der Waals surface area contributed by atoms with Gasteiger partial charge in [-0.3, -0.25) is 0 Å². The Morgan fingerprint density at radius 3 is 2.67 bits per heavy atom. The first-order chi connectivity index (χ1) is 7.20. The van der Waals surface area contributed by atoms with Crippen LogP contribution in [0.1, 0.15) is 36.5 Å². The van der Waals surface area contributed by atoms with Gasteiger partial charge in [0.1, 0.15) is 0 Å². The molecule has 82 valence electrons. The standard InChI is InChI=1S/C14H20O/c1-4-13-14(15-13)8-7-12-9-10(2)5-6-11(12)3/h5-6,9,13-14H,4,7-8H2,1-3H3. The van der Waals surface area contributed by atoms with Crippen molar-refractivity contribution >= 4 is 0 Å². The monoisotopic (exact) mass is 204 g/mol. The summed E-state index contributed by atoms with van der Waals surface area (Å²) in [5.74, 6) is 0. The Hall–Kier alpha value is -0.820. The van der Waals surface area contributed by atoms with Gasteiger partial charge in [-0.25, -0.2) is 0 Å². The van der Waals surface area contributed by atoms with Gasteiger partial charge >= 0.3 is 0 Å². The lowest BCUT2D eigenvalue weighted by atomic mass is 10.00. The highest BCUT2D eigenvalue weighted by molar-refractivity contribution is 5.30. The van der Waals surface area contributed by atoms with Gasteiger partial charge in [0.2, 0.25) is 0 Å². The summed E-state index contributed by atoms with van der Waals surface area (Å²) >= 11 is 0.